The molecule has 146 valence electrons. The highest BCUT2D eigenvalue weighted by molar-refractivity contribution is 5.94. The van der Waals surface area contributed by atoms with Crippen LogP contribution >= 0.6 is 0 Å². The molecule has 1 N–H and O–H groups in total. The van der Waals surface area contributed by atoms with Crippen LogP contribution in [0.3, 0.4) is 0 Å². The van der Waals surface area contributed by atoms with Gasteiger partial charge in [-0.3, -0.25) is 9.59 Å². The zero-order valence-corrected chi connectivity index (χ0v) is 15.8. The molecule has 0 aromatic heterocycles. The van der Waals surface area contributed by atoms with Crippen molar-refractivity contribution < 1.29 is 19.1 Å². The summed E-state index contributed by atoms with van der Waals surface area (Å²) < 4.78 is 10.8. The molecule has 0 aliphatic carbocycles. The van der Waals surface area contributed by atoms with E-state index in [4.69, 9.17) is 9.47 Å². The van der Waals surface area contributed by atoms with Gasteiger partial charge >= 0.3 is 0 Å². The molecule has 0 saturated carbocycles. The molecular formula is C21H23N3O4. The number of morpholine rings is 1. The number of hydrogen-bond donors (Lipinski definition) is 1. The standard InChI is InChI=1S/C21H23N3O4/c1-16-2-6-18(7-3-16)21(26)23-22-14-17-4-8-19(9-5-17)28-15-20(25)24-10-12-27-13-11-24/h2-9,14H,10-13,15H2,1H3,(H,23,26)/b22-14-. The number of hydrogen-bond acceptors (Lipinski definition) is 5. The molecular weight excluding hydrogens is 358 g/mol. The normalized spacial score (nSPS) is 14.1. The molecule has 1 fully saturated rings. The average molecular weight is 381 g/mol. The van der Waals surface area contributed by atoms with Crippen molar-refractivity contribution in [2.75, 3.05) is 32.9 Å². The van der Waals surface area contributed by atoms with Crippen molar-refractivity contribution in [1.29, 1.82) is 0 Å². The van der Waals surface area contributed by atoms with Gasteiger partial charge in [-0.2, -0.15) is 5.10 Å². The van der Waals surface area contributed by atoms with Crippen molar-refractivity contribution >= 4 is 18.0 Å². The zero-order chi connectivity index (χ0) is 19.8. The average Bonchev–Trinajstić information content (AvgIpc) is 2.74. The minimum atomic E-state index is -0.266. The lowest BCUT2D eigenvalue weighted by Gasteiger charge is -2.26. The van der Waals surface area contributed by atoms with Gasteiger partial charge < -0.3 is 14.4 Å². The number of aryl methyl sites for hydroxylation is 1. The number of hydrazone groups is 1. The van der Waals surface area contributed by atoms with Gasteiger partial charge in [-0.1, -0.05) is 17.7 Å². The van der Waals surface area contributed by atoms with Gasteiger partial charge in [-0.25, -0.2) is 5.43 Å². The predicted molar refractivity (Wildman–Crippen MR) is 106 cm³/mol. The van der Waals surface area contributed by atoms with Crippen molar-refractivity contribution in [2.45, 2.75) is 6.92 Å². The summed E-state index contributed by atoms with van der Waals surface area (Å²) in [5.74, 6) is 0.285. The van der Waals surface area contributed by atoms with E-state index in [2.05, 4.69) is 10.5 Å². The van der Waals surface area contributed by atoms with Crippen molar-refractivity contribution in [1.82, 2.24) is 10.3 Å². The number of benzene rings is 2. The van der Waals surface area contributed by atoms with Gasteiger partial charge in [0.2, 0.25) is 0 Å². The minimum absolute atomic E-state index is 0.0000429. The lowest BCUT2D eigenvalue weighted by Crippen LogP contribution is -2.42. The lowest BCUT2D eigenvalue weighted by atomic mass is 10.1. The van der Waals surface area contributed by atoms with Crippen LogP contribution in [0.4, 0.5) is 0 Å². The van der Waals surface area contributed by atoms with Crippen LogP contribution in [0.1, 0.15) is 21.5 Å². The fourth-order valence-electron chi connectivity index (χ4n) is 2.63. The molecule has 0 radical (unpaired) electrons. The Kier molecular flexibility index (Phi) is 6.75. The van der Waals surface area contributed by atoms with Crippen molar-refractivity contribution in [3.05, 3.63) is 65.2 Å². The van der Waals surface area contributed by atoms with E-state index in [0.29, 0.717) is 37.6 Å². The molecule has 2 amide bonds. The number of amides is 2. The molecule has 1 aliphatic heterocycles. The Balaban J connectivity index is 1.45. The van der Waals surface area contributed by atoms with Crippen LogP contribution in [0.5, 0.6) is 5.75 Å². The number of ether oxygens (including phenoxy) is 2. The molecule has 3 rings (SSSR count). The first-order valence-corrected chi connectivity index (χ1v) is 9.10. The van der Waals surface area contributed by atoms with Crippen LogP contribution in [0, 0.1) is 6.92 Å². The van der Waals surface area contributed by atoms with E-state index in [1.165, 1.54) is 0 Å². The molecule has 0 bridgehead atoms. The molecule has 0 atom stereocenters. The summed E-state index contributed by atoms with van der Waals surface area (Å²) in [7, 11) is 0. The Morgan fingerprint density at radius 3 is 2.46 bits per heavy atom. The van der Waals surface area contributed by atoms with Crippen LogP contribution in [-0.2, 0) is 9.53 Å². The van der Waals surface area contributed by atoms with E-state index < -0.39 is 0 Å². The van der Waals surface area contributed by atoms with E-state index in [1.54, 1.807) is 47.5 Å². The van der Waals surface area contributed by atoms with Gasteiger partial charge in [-0.15, -0.1) is 0 Å². The predicted octanol–water partition coefficient (Wildman–Crippen LogP) is 2.00. The van der Waals surface area contributed by atoms with Gasteiger partial charge in [0.25, 0.3) is 11.8 Å². The van der Waals surface area contributed by atoms with Crippen molar-refractivity contribution in [3.8, 4) is 5.75 Å². The minimum Gasteiger partial charge on any atom is -0.484 e. The Labute approximate surface area is 163 Å². The monoisotopic (exact) mass is 381 g/mol. The van der Waals surface area contributed by atoms with Crippen molar-refractivity contribution in [2.24, 2.45) is 5.10 Å². The third-order valence-electron chi connectivity index (χ3n) is 4.30. The molecule has 0 spiro atoms. The second-order valence-electron chi connectivity index (χ2n) is 6.42. The summed E-state index contributed by atoms with van der Waals surface area (Å²) in [6, 6.07) is 14.4. The third kappa shape index (κ3) is 5.65. The molecule has 1 aliphatic rings. The van der Waals surface area contributed by atoms with Crippen LogP contribution in [0.2, 0.25) is 0 Å². The van der Waals surface area contributed by atoms with Gasteiger partial charge in [0.1, 0.15) is 5.75 Å². The third-order valence-corrected chi connectivity index (χ3v) is 4.30. The van der Waals surface area contributed by atoms with Gasteiger partial charge in [0.15, 0.2) is 6.61 Å². The summed E-state index contributed by atoms with van der Waals surface area (Å²) in [6.07, 6.45) is 1.55. The number of nitrogens with zero attached hydrogens (tertiary/aromatic N) is 2. The van der Waals surface area contributed by atoms with Crippen LogP contribution in [0.15, 0.2) is 53.6 Å². The van der Waals surface area contributed by atoms with Gasteiger partial charge in [0.05, 0.1) is 19.4 Å². The van der Waals surface area contributed by atoms with E-state index >= 15 is 0 Å². The maximum atomic E-state index is 12.1. The maximum Gasteiger partial charge on any atom is 0.271 e. The highest BCUT2D eigenvalue weighted by Gasteiger charge is 2.17. The highest BCUT2D eigenvalue weighted by atomic mass is 16.5. The molecule has 28 heavy (non-hydrogen) atoms. The Morgan fingerprint density at radius 1 is 1.11 bits per heavy atom. The lowest BCUT2D eigenvalue weighted by molar-refractivity contribution is -0.137. The summed E-state index contributed by atoms with van der Waals surface area (Å²) in [5, 5.41) is 3.97. The molecule has 0 unspecified atom stereocenters. The van der Waals surface area contributed by atoms with Crippen LogP contribution in [-0.4, -0.2) is 55.8 Å². The molecule has 7 heteroatoms. The Bertz CT molecular complexity index is 826. The van der Waals surface area contributed by atoms with Crippen LogP contribution in [0.25, 0.3) is 0 Å². The number of nitrogens with one attached hydrogen (secondary N) is 1. The largest absolute Gasteiger partial charge is 0.484 e. The SMILES string of the molecule is Cc1ccc(C(=O)N/N=C\c2ccc(OCC(=O)N3CCOCC3)cc2)cc1. The second kappa shape index (κ2) is 9.66. The topological polar surface area (TPSA) is 80.2 Å². The van der Waals surface area contributed by atoms with Crippen molar-refractivity contribution in [3.63, 3.8) is 0 Å². The first-order chi connectivity index (χ1) is 13.6. The number of carbonyl (C=O) groups excluding carboxylic acids is 2. The summed E-state index contributed by atoms with van der Waals surface area (Å²) in [4.78, 5) is 25.8. The fourth-order valence-corrected chi connectivity index (χ4v) is 2.63. The maximum absolute atomic E-state index is 12.1. The first kappa shape index (κ1) is 19.6. The molecule has 2 aromatic rings. The quantitative estimate of drug-likeness (QED) is 0.613. The molecule has 1 saturated heterocycles. The highest BCUT2D eigenvalue weighted by Crippen LogP contribution is 2.11. The molecule has 1 heterocycles. The van der Waals surface area contributed by atoms with Gasteiger partial charge in [-0.05, 0) is 48.9 Å². The first-order valence-electron chi connectivity index (χ1n) is 9.10. The zero-order valence-electron chi connectivity index (χ0n) is 15.8. The molecule has 2 aromatic carbocycles. The van der Waals surface area contributed by atoms with E-state index in [-0.39, 0.29) is 18.4 Å². The summed E-state index contributed by atoms with van der Waals surface area (Å²) >= 11 is 0. The Morgan fingerprint density at radius 2 is 1.79 bits per heavy atom. The van der Waals surface area contributed by atoms with E-state index in [0.717, 1.165) is 11.1 Å². The fraction of sp³-hybridized carbons (Fsp3) is 0.286. The van der Waals surface area contributed by atoms with E-state index in [9.17, 15) is 9.59 Å². The van der Waals surface area contributed by atoms with Gasteiger partial charge in [0, 0.05) is 18.7 Å². The number of carbonyl (C=O) groups is 2. The molecule has 7 nitrogen and oxygen atoms in total. The number of rotatable bonds is 6. The van der Waals surface area contributed by atoms with E-state index in [1.807, 2.05) is 19.1 Å². The Hall–Kier alpha value is -3.19. The summed E-state index contributed by atoms with van der Waals surface area (Å²) in [6.45, 7) is 4.31. The second-order valence-corrected chi connectivity index (χ2v) is 6.42. The van der Waals surface area contributed by atoms with Crippen LogP contribution < -0.4 is 10.2 Å². The summed E-state index contributed by atoms with van der Waals surface area (Å²) in [5.41, 5.74) is 4.94. The smallest absolute Gasteiger partial charge is 0.271 e.